The number of para-hydroxylation sites is 2. The highest BCUT2D eigenvalue weighted by Crippen LogP contribution is 2.31. The third-order valence-electron chi connectivity index (χ3n) is 10.2. The average molecular weight is 703 g/mol. The third-order valence-corrected chi connectivity index (χ3v) is 10.2. The van der Waals surface area contributed by atoms with Gasteiger partial charge < -0.3 is 18.6 Å². The molecule has 8 heteroatoms. The molecule has 4 aromatic heterocycles. The Bertz CT molecular complexity index is 1950. The molecule has 274 valence electrons. The minimum Gasteiger partial charge on any atom is -0.461 e. The fourth-order valence-electron chi connectivity index (χ4n) is 7.38. The van der Waals surface area contributed by atoms with Gasteiger partial charge in [-0.1, -0.05) is 114 Å². The van der Waals surface area contributed by atoms with Crippen LogP contribution >= 0.6 is 0 Å². The van der Waals surface area contributed by atoms with Gasteiger partial charge in [-0.05, 0) is 49.9 Å². The number of carbonyl (C=O) groups excluding carboxylic acids is 2. The molecule has 0 N–H and O–H groups in total. The number of hydrogen-bond donors (Lipinski definition) is 0. The van der Waals surface area contributed by atoms with E-state index in [1.54, 1.807) is 0 Å². The Balaban J connectivity index is 0.898. The number of unbranched alkanes of at least 4 members (excludes halogenated alkanes) is 11. The summed E-state index contributed by atoms with van der Waals surface area (Å²) in [6, 6.07) is 20.5. The number of rotatable bonds is 21. The number of ether oxygens (including phenoxy) is 2. The summed E-state index contributed by atoms with van der Waals surface area (Å²) in [4.78, 5) is 34.8. The second kappa shape index (κ2) is 18.7. The molecule has 0 aliphatic rings. The van der Waals surface area contributed by atoms with E-state index in [1.807, 2.05) is 36.7 Å². The molecule has 0 fully saturated rings. The Morgan fingerprint density at radius 2 is 0.904 bits per heavy atom. The first-order valence-corrected chi connectivity index (χ1v) is 19.7. The molecule has 0 amide bonds. The van der Waals surface area contributed by atoms with Crippen molar-refractivity contribution in [2.45, 2.75) is 117 Å². The monoisotopic (exact) mass is 702 g/mol. The number of hydrogen-bond acceptors (Lipinski definition) is 6. The fraction of sp³-hybridized carbons (Fsp3) is 0.455. The molecule has 4 heterocycles. The molecule has 0 aliphatic carbocycles. The highest BCUT2D eigenvalue weighted by molar-refractivity contribution is 6.10. The Kier molecular flexibility index (Phi) is 13.3. The zero-order chi connectivity index (χ0) is 36.1. The maximum atomic E-state index is 12.9. The predicted molar refractivity (Wildman–Crippen MR) is 211 cm³/mol. The van der Waals surface area contributed by atoms with Gasteiger partial charge in [0.2, 0.25) is 0 Å². The smallest absolute Gasteiger partial charge is 0.356 e. The van der Waals surface area contributed by atoms with Crippen LogP contribution in [-0.4, -0.2) is 44.3 Å². The van der Waals surface area contributed by atoms with Crippen LogP contribution in [0.3, 0.4) is 0 Å². The van der Waals surface area contributed by atoms with Crippen molar-refractivity contribution in [3.8, 4) is 0 Å². The van der Waals surface area contributed by atoms with E-state index in [-0.39, 0.29) is 11.9 Å². The molecule has 6 aromatic rings. The zero-order valence-electron chi connectivity index (χ0n) is 31.1. The van der Waals surface area contributed by atoms with E-state index in [4.69, 9.17) is 9.47 Å². The lowest BCUT2D eigenvalue weighted by molar-refractivity contribution is 0.0478. The maximum Gasteiger partial charge on any atom is 0.356 e. The van der Waals surface area contributed by atoms with Gasteiger partial charge in [-0.2, -0.15) is 0 Å². The summed E-state index contributed by atoms with van der Waals surface area (Å²) in [5.74, 6) is -0.740. The summed E-state index contributed by atoms with van der Waals surface area (Å²) in [5.41, 5.74) is 5.21. The molecular weight excluding hydrogens is 649 g/mol. The summed E-state index contributed by atoms with van der Waals surface area (Å²) in [6.45, 7) is 7.10. The second-order valence-electron chi connectivity index (χ2n) is 14.0. The van der Waals surface area contributed by atoms with Crippen molar-refractivity contribution in [3.63, 3.8) is 0 Å². The molecule has 6 rings (SSSR count). The van der Waals surface area contributed by atoms with Crippen LogP contribution < -0.4 is 0 Å². The van der Waals surface area contributed by atoms with Crippen LogP contribution in [0.5, 0.6) is 0 Å². The van der Waals surface area contributed by atoms with Crippen LogP contribution in [0.4, 0.5) is 0 Å². The second-order valence-corrected chi connectivity index (χ2v) is 14.0. The van der Waals surface area contributed by atoms with Crippen LogP contribution in [0.15, 0.2) is 73.1 Å². The van der Waals surface area contributed by atoms with Crippen LogP contribution in [0.2, 0.25) is 0 Å². The first-order valence-electron chi connectivity index (χ1n) is 19.7. The van der Waals surface area contributed by atoms with Crippen LogP contribution in [0.25, 0.3) is 43.6 Å². The van der Waals surface area contributed by atoms with Gasteiger partial charge in [-0.25, -0.2) is 19.6 Å². The summed E-state index contributed by atoms with van der Waals surface area (Å²) < 4.78 is 15.9. The minimum absolute atomic E-state index is 0.357. The van der Waals surface area contributed by atoms with Gasteiger partial charge in [0.25, 0.3) is 0 Å². The number of aromatic nitrogens is 4. The molecule has 8 nitrogen and oxygen atoms in total. The highest BCUT2D eigenvalue weighted by atomic mass is 16.5. The number of carbonyl (C=O) groups is 2. The van der Waals surface area contributed by atoms with E-state index in [0.717, 1.165) is 97.0 Å². The molecule has 0 aliphatic heterocycles. The topological polar surface area (TPSA) is 88.2 Å². The number of benzene rings is 2. The molecule has 2 aromatic carbocycles. The van der Waals surface area contributed by atoms with Gasteiger partial charge in [0.05, 0.1) is 36.6 Å². The number of nitrogens with zero attached hydrogens (tertiary/aromatic N) is 4. The Labute approximate surface area is 307 Å². The van der Waals surface area contributed by atoms with Crippen molar-refractivity contribution in [2.24, 2.45) is 0 Å². The average Bonchev–Trinajstić information content (AvgIpc) is 3.67. The van der Waals surface area contributed by atoms with Crippen LogP contribution in [-0.2, 0) is 22.6 Å². The zero-order valence-corrected chi connectivity index (χ0v) is 31.1. The van der Waals surface area contributed by atoms with Gasteiger partial charge >= 0.3 is 11.9 Å². The molecule has 0 radical (unpaired) electrons. The molecule has 0 spiro atoms. The van der Waals surface area contributed by atoms with Crippen molar-refractivity contribution < 1.29 is 19.1 Å². The molecule has 0 atom stereocenters. The first-order chi connectivity index (χ1) is 25.6. The number of esters is 2. The van der Waals surface area contributed by atoms with Gasteiger partial charge in [0.1, 0.15) is 11.4 Å². The van der Waals surface area contributed by atoms with E-state index < -0.39 is 0 Å². The Hall–Kier alpha value is -4.72. The lowest BCUT2D eigenvalue weighted by Gasteiger charge is -2.08. The standard InChI is InChI=1S/C44H54N4O4/c1-3-5-7-17-25-47-39-23-15-13-21-33(39)35-29-37(45-31-41(35)47)43(49)51-27-19-11-9-10-12-20-28-52-44(50)38-30-36-34-22-14-16-24-40(34)48(42(36)32-46-38)26-18-8-6-4-2/h13-16,21-24,29-32H,3-12,17-20,25-28H2,1-2H3. The number of fused-ring (bicyclic) bond motifs is 6. The van der Waals surface area contributed by atoms with E-state index in [9.17, 15) is 9.59 Å². The lowest BCUT2D eigenvalue weighted by atomic mass is 10.1. The van der Waals surface area contributed by atoms with Gasteiger partial charge in [0, 0.05) is 45.7 Å². The van der Waals surface area contributed by atoms with Gasteiger partial charge in [-0.15, -0.1) is 0 Å². The molecule has 0 saturated heterocycles. The summed E-state index contributed by atoms with van der Waals surface area (Å²) in [6.07, 6.45) is 18.9. The van der Waals surface area contributed by atoms with E-state index in [2.05, 4.69) is 69.3 Å². The SMILES string of the molecule is CCCCCCn1c2ccccc2c2cc(C(=O)OCCCCCCCCOC(=O)c3cc4c5ccccc5n(CCCCCC)c4cn3)ncc21. The largest absolute Gasteiger partial charge is 0.461 e. The molecule has 52 heavy (non-hydrogen) atoms. The number of pyridine rings is 2. The predicted octanol–water partition coefficient (Wildman–Crippen LogP) is 11.2. The van der Waals surface area contributed by atoms with Crippen molar-refractivity contribution in [1.82, 2.24) is 19.1 Å². The molecule has 0 unspecified atom stereocenters. The lowest BCUT2D eigenvalue weighted by Crippen LogP contribution is -2.09. The minimum atomic E-state index is -0.370. The Morgan fingerprint density at radius 3 is 1.35 bits per heavy atom. The van der Waals surface area contributed by atoms with Crippen LogP contribution in [0, 0.1) is 0 Å². The fourth-order valence-corrected chi connectivity index (χ4v) is 7.38. The quantitative estimate of drug-likeness (QED) is 0.0548. The van der Waals surface area contributed by atoms with E-state index in [1.165, 1.54) is 49.6 Å². The van der Waals surface area contributed by atoms with Crippen LogP contribution in [0.1, 0.15) is 125 Å². The van der Waals surface area contributed by atoms with Crippen molar-refractivity contribution in [2.75, 3.05) is 13.2 Å². The normalized spacial score (nSPS) is 11.7. The third kappa shape index (κ3) is 8.83. The van der Waals surface area contributed by atoms with Crippen molar-refractivity contribution in [3.05, 3.63) is 84.4 Å². The molecule has 0 bridgehead atoms. The molecular formula is C44H54N4O4. The summed E-state index contributed by atoms with van der Waals surface area (Å²) in [5, 5.41) is 4.39. The maximum absolute atomic E-state index is 12.9. The van der Waals surface area contributed by atoms with Gasteiger partial charge in [0.15, 0.2) is 0 Å². The van der Waals surface area contributed by atoms with Crippen molar-refractivity contribution in [1.29, 1.82) is 0 Å². The first kappa shape index (κ1) is 37.1. The highest BCUT2D eigenvalue weighted by Gasteiger charge is 2.17. The van der Waals surface area contributed by atoms with E-state index in [0.29, 0.717) is 24.6 Å². The Morgan fingerprint density at radius 1 is 0.500 bits per heavy atom. The van der Waals surface area contributed by atoms with Crippen molar-refractivity contribution >= 4 is 55.6 Å². The molecule has 0 saturated carbocycles. The summed E-state index contributed by atoms with van der Waals surface area (Å²) in [7, 11) is 0. The van der Waals surface area contributed by atoms with E-state index >= 15 is 0 Å². The van der Waals surface area contributed by atoms with Gasteiger partial charge in [-0.3, -0.25) is 0 Å². The summed E-state index contributed by atoms with van der Waals surface area (Å²) >= 11 is 0. The number of aryl methyl sites for hydroxylation is 2.